The number of methoxy groups -OCH3 is 1. The predicted octanol–water partition coefficient (Wildman–Crippen LogP) is 8.52. The first-order chi connectivity index (χ1) is 28.5. The van der Waals surface area contributed by atoms with Gasteiger partial charge in [-0.1, -0.05) is 30.3 Å². The van der Waals surface area contributed by atoms with Gasteiger partial charge >= 0.3 is 30.1 Å². The quantitative estimate of drug-likeness (QED) is 0.0768. The summed E-state index contributed by atoms with van der Waals surface area (Å²) >= 11 is 0. The number of ether oxygens (including phenoxy) is 2. The number of esters is 1. The number of carbonyl (C=O) groups is 4. The second kappa shape index (κ2) is 18.3. The molecule has 0 radical (unpaired) electrons. The van der Waals surface area contributed by atoms with Gasteiger partial charge in [0.25, 0.3) is 0 Å². The molecule has 5 rings (SSSR count). The largest absolute Gasteiger partial charge is 0.465 e. The van der Waals surface area contributed by atoms with E-state index in [4.69, 9.17) is 9.47 Å². The maximum Gasteiger partial charge on any atom is 0.460 e. The van der Waals surface area contributed by atoms with Crippen molar-refractivity contribution in [3.63, 3.8) is 0 Å². The van der Waals surface area contributed by atoms with Gasteiger partial charge in [-0.05, 0) is 118 Å². The van der Waals surface area contributed by atoms with E-state index in [-0.39, 0.29) is 29.5 Å². The minimum Gasteiger partial charge on any atom is -0.465 e. The molecule has 4 aromatic rings. The summed E-state index contributed by atoms with van der Waals surface area (Å²) in [5, 5.41) is 14.5. The van der Waals surface area contributed by atoms with Crippen molar-refractivity contribution in [2.75, 3.05) is 19.0 Å². The van der Waals surface area contributed by atoms with E-state index in [0.717, 1.165) is 16.7 Å². The summed E-state index contributed by atoms with van der Waals surface area (Å²) in [4.78, 5) is 53.3. The van der Waals surface area contributed by atoms with Crippen LogP contribution >= 0.6 is 0 Å². The third-order valence-corrected chi connectivity index (χ3v) is 10.1. The second-order valence-corrected chi connectivity index (χ2v) is 15.8. The highest BCUT2D eigenvalue weighted by Gasteiger charge is 2.75. The van der Waals surface area contributed by atoms with E-state index in [9.17, 15) is 49.9 Å². The molecule has 1 aliphatic carbocycles. The summed E-state index contributed by atoms with van der Waals surface area (Å²) in [5.74, 6) is -16.4. The molecule has 1 heterocycles. The van der Waals surface area contributed by atoms with E-state index in [1.165, 1.54) is 31.4 Å². The Labute approximate surface area is 346 Å². The molecular weight excluding hydrogens is 817 g/mol. The number of anilines is 1. The van der Waals surface area contributed by atoms with Crippen LogP contribution in [0.2, 0.25) is 0 Å². The van der Waals surface area contributed by atoms with Crippen molar-refractivity contribution in [1.29, 1.82) is 0 Å². The third-order valence-electron chi connectivity index (χ3n) is 10.1. The number of aromatic nitrogens is 3. The molecule has 1 aliphatic rings. The Hall–Kier alpha value is -6.01. The molecule has 1 saturated carbocycles. The lowest BCUT2D eigenvalue weighted by Gasteiger charge is -2.29. The molecule has 0 aliphatic heterocycles. The van der Waals surface area contributed by atoms with Gasteiger partial charge in [0.1, 0.15) is 11.6 Å². The van der Waals surface area contributed by atoms with Crippen LogP contribution in [-0.2, 0) is 31.4 Å². The Morgan fingerprint density at radius 2 is 1.46 bits per heavy atom. The molecule has 1 fully saturated rings. The van der Waals surface area contributed by atoms with Crippen LogP contribution in [0.1, 0.15) is 73.8 Å². The SMILES string of the molecule is COC(=O)c1ccc(-c2ccc(CC(NC(=O)[C@H]3CC[C@H](CNC(=O)OC(C)(C)C)CC3)C(=O)Nc3ccc(-c4nnc(C(F)(F)C(F)(F)C(F)(F)F)[nH]4)cc3)cc2)c(C)c1. The maximum atomic E-state index is 14.2. The number of aromatic amines is 1. The van der Waals surface area contributed by atoms with Gasteiger partial charge in [-0.3, -0.25) is 9.59 Å². The van der Waals surface area contributed by atoms with Gasteiger partial charge in [-0.2, -0.15) is 30.7 Å². The Kier molecular flexibility index (Phi) is 13.8. The van der Waals surface area contributed by atoms with Gasteiger partial charge in [-0.15, -0.1) is 10.2 Å². The van der Waals surface area contributed by atoms with Crippen molar-refractivity contribution in [2.45, 2.75) is 89.5 Å². The van der Waals surface area contributed by atoms with E-state index in [1.807, 2.05) is 19.1 Å². The first kappa shape index (κ1) is 46.1. The summed E-state index contributed by atoms with van der Waals surface area (Å²) in [6.07, 6.45) is -4.72. The maximum absolute atomic E-state index is 14.2. The number of hydrogen-bond donors (Lipinski definition) is 4. The second-order valence-electron chi connectivity index (χ2n) is 15.8. The molecule has 3 aromatic carbocycles. The normalized spacial score (nSPS) is 16.6. The lowest BCUT2D eigenvalue weighted by Crippen LogP contribution is -2.50. The minimum atomic E-state index is -6.56. The number of benzene rings is 3. The molecule has 0 spiro atoms. The average Bonchev–Trinajstić information content (AvgIpc) is 3.71. The van der Waals surface area contributed by atoms with Crippen molar-refractivity contribution in [3.8, 4) is 22.5 Å². The van der Waals surface area contributed by atoms with Crippen molar-refractivity contribution in [2.24, 2.45) is 11.8 Å². The fraction of sp³-hybridized carbons (Fsp3) is 0.429. The Bertz CT molecular complexity index is 2200. The molecule has 1 unspecified atom stereocenters. The summed E-state index contributed by atoms with van der Waals surface area (Å²) in [7, 11) is 1.29. The van der Waals surface area contributed by atoms with Gasteiger partial charge in [0.2, 0.25) is 17.6 Å². The van der Waals surface area contributed by atoms with Gasteiger partial charge in [-0.25, -0.2) is 9.59 Å². The molecule has 0 bridgehead atoms. The summed E-state index contributed by atoms with van der Waals surface area (Å²) in [6, 6.07) is 16.4. The zero-order chi connectivity index (χ0) is 44.9. The van der Waals surface area contributed by atoms with Crippen molar-refractivity contribution in [3.05, 3.63) is 89.2 Å². The number of carbonyl (C=O) groups excluding carboxylic acids is 4. The van der Waals surface area contributed by atoms with Crippen molar-refractivity contribution < 1.29 is 59.4 Å². The molecule has 3 amide bonds. The number of amides is 3. The Morgan fingerprint density at radius 1 is 0.836 bits per heavy atom. The van der Waals surface area contributed by atoms with Crippen LogP contribution in [0.4, 0.5) is 41.2 Å². The van der Waals surface area contributed by atoms with E-state index in [1.54, 1.807) is 56.1 Å². The number of rotatable bonds is 13. The number of alkyl halides is 7. The van der Waals surface area contributed by atoms with Crippen molar-refractivity contribution >= 4 is 29.6 Å². The highest BCUT2D eigenvalue weighted by molar-refractivity contribution is 5.98. The summed E-state index contributed by atoms with van der Waals surface area (Å²) in [5.41, 5.74) is 3.09. The molecule has 0 saturated heterocycles. The van der Waals surface area contributed by atoms with Gasteiger partial charge in [0, 0.05) is 30.1 Å². The predicted molar refractivity (Wildman–Crippen MR) is 209 cm³/mol. The van der Waals surface area contributed by atoms with Crippen LogP contribution in [-0.4, -0.2) is 76.5 Å². The lowest BCUT2D eigenvalue weighted by atomic mass is 9.81. The first-order valence-corrected chi connectivity index (χ1v) is 19.2. The van der Waals surface area contributed by atoms with Crippen LogP contribution in [0.3, 0.4) is 0 Å². The van der Waals surface area contributed by atoms with Crippen LogP contribution in [0.25, 0.3) is 22.5 Å². The molecule has 328 valence electrons. The molecule has 4 N–H and O–H groups in total. The Balaban J connectivity index is 1.29. The fourth-order valence-electron chi connectivity index (χ4n) is 6.76. The number of H-pyrrole nitrogens is 1. The average molecular weight is 863 g/mol. The topological polar surface area (TPSA) is 164 Å². The summed E-state index contributed by atoms with van der Waals surface area (Å²) < 4.78 is 104. The molecule has 61 heavy (non-hydrogen) atoms. The number of nitrogens with zero attached hydrogens (tertiary/aromatic N) is 2. The number of hydrogen-bond acceptors (Lipinski definition) is 8. The van der Waals surface area contributed by atoms with Crippen LogP contribution in [0, 0.1) is 18.8 Å². The molecule has 1 atom stereocenters. The van der Waals surface area contributed by atoms with E-state index >= 15 is 0 Å². The summed E-state index contributed by atoms with van der Waals surface area (Å²) in [6.45, 7) is 7.52. The third kappa shape index (κ3) is 11.2. The standard InChI is InChI=1S/C42H45F7N6O6/c1-23-20-29(36(58)60-5)16-19-31(23)26-10-6-24(7-11-26)21-32(52-34(56)28-12-8-25(9-13-28)22-50-38(59)61-39(2,3)4)35(57)51-30-17-14-27(15-18-30)33-53-37(55-54-33)40(43,44)41(45,46)42(47,48)49/h6-7,10-11,14-20,25,28,32H,8-9,12-13,21-22H2,1-5H3,(H,50,59)(H,51,57)(H,52,56)(H,53,54,55)/t25-,28-,32?. The van der Waals surface area contributed by atoms with E-state index < -0.39 is 65.2 Å². The highest BCUT2D eigenvalue weighted by Crippen LogP contribution is 2.51. The lowest BCUT2D eigenvalue weighted by molar-refractivity contribution is -0.361. The van der Waals surface area contributed by atoms with Gasteiger partial charge in [0.05, 0.1) is 12.7 Å². The molecular formula is C42H45F7N6O6. The number of alkyl carbamates (subject to hydrolysis) is 1. The van der Waals surface area contributed by atoms with Crippen LogP contribution in [0.15, 0.2) is 66.7 Å². The molecule has 12 nitrogen and oxygen atoms in total. The smallest absolute Gasteiger partial charge is 0.460 e. The van der Waals surface area contributed by atoms with E-state index in [0.29, 0.717) is 43.4 Å². The van der Waals surface area contributed by atoms with Crippen molar-refractivity contribution in [1.82, 2.24) is 25.8 Å². The van der Waals surface area contributed by atoms with Gasteiger partial charge < -0.3 is 30.4 Å². The highest BCUT2D eigenvalue weighted by atomic mass is 19.4. The fourth-order valence-corrected chi connectivity index (χ4v) is 6.76. The van der Waals surface area contributed by atoms with Crippen LogP contribution in [0.5, 0.6) is 0 Å². The molecule has 1 aromatic heterocycles. The monoisotopic (exact) mass is 862 g/mol. The minimum absolute atomic E-state index is 0.0279. The van der Waals surface area contributed by atoms with Gasteiger partial charge in [0.15, 0.2) is 5.82 Å². The number of aryl methyl sites for hydroxylation is 1. The van der Waals surface area contributed by atoms with E-state index in [2.05, 4.69) is 26.1 Å². The first-order valence-electron chi connectivity index (χ1n) is 19.2. The Morgan fingerprint density at radius 3 is 2.03 bits per heavy atom. The zero-order valence-corrected chi connectivity index (χ0v) is 33.8. The van der Waals surface area contributed by atoms with Crippen LogP contribution < -0.4 is 16.0 Å². The molecule has 19 heteroatoms. The number of nitrogens with one attached hydrogen (secondary N) is 4. The number of halogens is 7. The zero-order valence-electron chi connectivity index (χ0n) is 33.8.